The SMILES string of the molecule is Brc1cccc(OCCN2CCN(CC3CCCCC3)CC2)c1. The summed E-state index contributed by atoms with van der Waals surface area (Å²) in [6.45, 7) is 7.98. The van der Waals surface area contributed by atoms with Crippen molar-refractivity contribution in [2.75, 3.05) is 45.9 Å². The van der Waals surface area contributed by atoms with Gasteiger partial charge in [0.2, 0.25) is 0 Å². The molecule has 3 rings (SSSR count). The zero-order chi connectivity index (χ0) is 15.9. The van der Waals surface area contributed by atoms with Gasteiger partial charge in [-0.05, 0) is 37.0 Å². The quantitative estimate of drug-likeness (QED) is 0.740. The topological polar surface area (TPSA) is 15.7 Å². The Bertz CT molecular complexity index is 468. The van der Waals surface area contributed by atoms with Crippen molar-refractivity contribution in [2.24, 2.45) is 5.92 Å². The van der Waals surface area contributed by atoms with Crippen LogP contribution in [0.2, 0.25) is 0 Å². The number of halogens is 1. The highest BCUT2D eigenvalue weighted by atomic mass is 79.9. The smallest absolute Gasteiger partial charge is 0.120 e. The summed E-state index contributed by atoms with van der Waals surface area (Å²) >= 11 is 3.48. The van der Waals surface area contributed by atoms with E-state index in [0.717, 1.165) is 29.3 Å². The van der Waals surface area contributed by atoms with Crippen LogP contribution in [0.5, 0.6) is 5.75 Å². The first-order valence-corrected chi connectivity index (χ1v) is 9.92. The van der Waals surface area contributed by atoms with Gasteiger partial charge in [-0.25, -0.2) is 0 Å². The van der Waals surface area contributed by atoms with E-state index in [0.29, 0.717) is 0 Å². The van der Waals surface area contributed by atoms with Crippen LogP contribution in [0, 0.1) is 5.92 Å². The van der Waals surface area contributed by atoms with Crippen LogP contribution in [-0.4, -0.2) is 55.7 Å². The molecule has 0 N–H and O–H groups in total. The molecule has 2 aliphatic rings. The number of piperazine rings is 1. The van der Waals surface area contributed by atoms with Gasteiger partial charge in [-0.2, -0.15) is 0 Å². The van der Waals surface area contributed by atoms with Gasteiger partial charge in [0.15, 0.2) is 0 Å². The fourth-order valence-electron chi connectivity index (χ4n) is 3.78. The molecule has 0 amide bonds. The molecule has 1 saturated heterocycles. The molecular formula is C19H29BrN2O. The molecule has 0 aromatic heterocycles. The highest BCUT2D eigenvalue weighted by Crippen LogP contribution is 2.24. The van der Waals surface area contributed by atoms with Gasteiger partial charge in [-0.1, -0.05) is 41.3 Å². The van der Waals surface area contributed by atoms with Crippen molar-refractivity contribution in [1.29, 1.82) is 0 Å². The van der Waals surface area contributed by atoms with Crippen molar-refractivity contribution in [3.05, 3.63) is 28.7 Å². The van der Waals surface area contributed by atoms with E-state index in [-0.39, 0.29) is 0 Å². The maximum absolute atomic E-state index is 5.85. The fourth-order valence-corrected chi connectivity index (χ4v) is 4.16. The Morgan fingerprint density at radius 1 is 1.00 bits per heavy atom. The van der Waals surface area contributed by atoms with Crippen LogP contribution < -0.4 is 4.74 Å². The summed E-state index contributed by atoms with van der Waals surface area (Å²) < 4.78 is 6.93. The van der Waals surface area contributed by atoms with Crippen LogP contribution in [0.4, 0.5) is 0 Å². The monoisotopic (exact) mass is 380 g/mol. The number of hydrogen-bond acceptors (Lipinski definition) is 3. The Balaban J connectivity index is 1.31. The highest BCUT2D eigenvalue weighted by molar-refractivity contribution is 9.10. The average molecular weight is 381 g/mol. The molecule has 1 aliphatic heterocycles. The molecule has 0 atom stereocenters. The third kappa shape index (κ3) is 5.77. The summed E-state index contributed by atoms with van der Waals surface area (Å²) in [5, 5.41) is 0. The molecule has 0 spiro atoms. The number of nitrogens with zero attached hydrogens (tertiary/aromatic N) is 2. The second-order valence-corrected chi connectivity index (χ2v) is 7.87. The molecule has 128 valence electrons. The Morgan fingerprint density at radius 3 is 2.48 bits per heavy atom. The van der Waals surface area contributed by atoms with Gasteiger partial charge in [-0.15, -0.1) is 0 Å². The summed E-state index contributed by atoms with van der Waals surface area (Å²) in [6.07, 6.45) is 7.29. The molecule has 0 bridgehead atoms. The fraction of sp³-hybridized carbons (Fsp3) is 0.684. The molecule has 1 aromatic carbocycles. The lowest BCUT2D eigenvalue weighted by Gasteiger charge is -2.37. The molecule has 3 nitrogen and oxygen atoms in total. The molecule has 4 heteroatoms. The zero-order valence-electron chi connectivity index (χ0n) is 14.1. The van der Waals surface area contributed by atoms with Crippen LogP contribution in [0.3, 0.4) is 0 Å². The lowest BCUT2D eigenvalue weighted by Crippen LogP contribution is -2.48. The lowest BCUT2D eigenvalue weighted by atomic mass is 9.89. The first kappa shape index (κ1) is 17.2. The van der Waals surface area contributed by atoms with Gasteiger partial charge < -0.3 is 9.64 Å². The molecule has 0 unspecified atom stereocenters. The van der Waals surface area contributed by atoms with E-state index in [4.69, 9.17) is 4.74 Å². The van der Waals surface area contributed by atoms with Crippen molar-refractivity contribution < 1.29 is 4.74 Å². The summed E-state index contributed by atoms with van der Waals surface area (Å²) in [5.74, 6) is 1.92. The van der Waals surface area contributed by atoms with Crippen molar-refractivity contribution >= 4 is 15.9 Å². The predicted octanol–water partition coefficient (Wildman–Crippen LogP) is 4.03. The molecule has 1 aliphatic carbocycles. The minimum absolute atomic E-state index is 0.777. The third-order valence-corrected chi connectivity index (χ3v) is 5.67. The second-order valence-electron chi connectivity index (χ2n) is 6.95. The van der Waals surface area contributed by atoms with Crippen molar-refractivity contribution in [3.63, 3.8) is 0 Å². The molecular weight excluding hydrogens is 352 g/mol. The van der Waals surface area contributed by atoms with E-state index in [9.17, 15) is 0 Å². The summed E-state index contributed by atoms with van der Waals surface area (Å²) in [4.78, 5) is 5.22. The Labute approximate surface area is 149 Å². The average Bonchev–Trinajstić information content (AvgIpc) is 2.58. The molecule has 1 heterocycles. The first-order chi connectivity index (χ1) is 11.3. The van der Waals surface area contributed by atoms with Crippen LogP contribution in [0.1, 0.15) is 32.1 Å². The minimum Gasteiger partial charge on any atom is -0.492 e. The van der Waals surface area contributed by atoms with E-state index in [1.54, 1.807) is 0 Å². The van der Waals surface area contributed by atoms with Gasteiger partial charge >= 0.3 is 0 Å². The number of hydrogen-bond donors (Lipinski definition) is 0. The second kappa shape index (κ2) is 9.05. The minimum atomic E-state index is 0.777. The van der Waals surface area contributed by atoms with Crippen molar-refractivity contribution in [2.45, 2.75) is 32.1 Å². The van der Waals surface area contributed by atoms with Gasteiger partial charge in [0.1, 0.15) is 12.4 Å². The Kier molecular flexibility index (Phi) is 6.79. The first-order valence-electron chi connectivity index (χ1n) is 9.13. The standard InChI is InChI=1S/C19H29BrN2O/c20-18-7-4-8-19(15-18)23-14-13-21-9-11-22(12-10-21)16-17-5-2-1-3-6-17/h4,7-8,15,17H,1-3,5-6,9-14,16H2. The predicted molar refractivity (Wildman–Crippen MR) is 99.1 cm³/mol. The van der Waals surface area contributed by atoms with E-state index in [1.807, 2.05) is 24.3 Å². The summed E-state index contributed by atoms with van der Waals surface area (Å²) in [7, 11) is 0. The molecule has 1 saturated carbocycles. The van der Waals surface area contributed by atoms with Gasteiger partial charge in [0.05, 0.1) is 0 Å². The highest BCUT2D eigenvalue weighted by Gasteiger charge is 2.21. The maximum atomic E-state index is 5.85. The van der Waals surface area contributed by atoms with E-state index in [1.165, 1.54) is 64.8 Å². The molecule has 2 fully saturated rings. The largest absolute Gasteiger partial charge is 0.492 e. The lowest BCUT2D eigenvalue weighted by molar-refractivity contribution is 0.0988. The van der Waals surface area contributed by atoms with Crippen molar-refractivity contribution in [3.8, 4) is 5.75 Å². The zero-order valence-corrected chi connectivity index (χ0v) is 15.6. The van der Waals surface area contributed by atoms with Crippen LogP contribution in [0.25, 0.3) is 0 Å². The van der Waals surface area contributed by atoms with E-state index in [2.05, 4.69) is 25.7 Å². The molecule has 0 radical (unpaired) electrons. The Morgan fingerprint density at radius 2 is 1.74 bits per heavy atom. The molecule has 23 heavy (non-hydrogen) atoms. The van der Waals surface area contributed by atoms with E-state index < -0.39 is 0 Å². The van der Waals surface area contributed by atoms with Gasteiger partial charge in [0.25, 0.3) is 0 Å². The van der Waals surface area contributed by atoms with E-state index >= 15 is 0 Å². The van der Waals surface area contributed by atoms with Crippen molar-refractivity contribution in [1.82, 2.24) is 9.80 Å². The van der Waals surface area contributed by atoms with Gasteiger partial charge in [0, 0.05) is 43.7 Å². The summed E-state index contributed by atoms with van der Waals surface area (Å²) in [5.41, 5.74) is 0. The normalized spacial score (nSPS) is 21.4. The third-order valence-electron chi connectivity index (χ3n) is 5.18. The Hall–Kier alpha value is -0.580. The maximum Gasteiger partial charge on any atom is 0.120 e. The van der Waals surface area contributed by atoms with Crippen LogP contribution in [-0.2, 0) is 0 Å². The number of rotatable bonds is 6. The number of benzene rings is 1. The van der Waals surface area contributed by atoms with Crippen LogP contribution in [0.15, 0.2) is 28.7 Å². The summed E-state index contributed by atoms with van der Waals surface area (Å²) in [6, 6.07) is 8.09. The van der Waals surface area contributed by atoms with Crippen LogP contribution >= 0.6 is 15.9 Å². The number of ether oxygens (including phenoxy) is 1. The van der Waals surface area contributed by atoms with Gasteiger partial charge in [-0.3, -0.25) is 4.90 Å². The molecule has 1 aromatic rings.